The van der Waals surface area contributed by atoms with Gasteiger partial charge < -0.3 is 10.0 Å². The predicted octanol–water partition coefficient (Wildman–Crippen LogP) is 1.81. The Kier molecular flexibility index (Phi) is 3.82. The van der Waals surface area contributed by atoms with Crippen molar-refractivity contribution in [3.8, 4) is 0 Å². The average Bonchev–Trinajstić information content (AvgIpc) is 2.81. The zero-order valence-electron chi connectivity index (χ0n) is 9.97. The molecular weight excluding hydrogens is 218 g/mol. The van der Waals surface area contributed by atoms with Gasteiger partial charge in [0.2, 0.25) is 5.91 Å². The van der Waals surface area contributed by atoms with Crippen LogP contribution in [0.5, 0.6) is 0 Å². The van der Waals surface area contributed by atoms with Crippen molar-refractivity contribution in [3.63, 3.8) is 0 Å². The van der Waals surface area contributed by atoms with Gasteiger partial charge >= 0.3 is 5.97 Å². The lowest BCUT2D eigenvalue weighted by Gasteiger charge is -2.33. The molecule has 0 bridgehead atoms. The lowest BCUT2D eigenvalue weighted by molar-refractivity contribution is -0.152. The highest BCUT2D eigenvalue weighted by atomic mass is 16.4. The van der Waals surface area contributed by atoms with E-state index in [1.54, 1.807) is 4.90 Å². The Bertz CT molecular complexity index is 338. The summed E-state index contributed by atoms with van der Waals surface area (Å²) >= 11 is 0. The molecule has 0 radical (unpaired) electrons. The quantitative estimate of drug-likeness (QED) is 0.761. The number of aliphatic carboxylic acids is 1. The van der Waals surface area contributed by atoms with E-state index in [0.29, 0.717) is 25.3 Å². The highest BCUT2D eigenvalue weighted by Crippen LogP contribution is 2.24. The molecule has 1 heterocycles. The van der Waals surface area contributed by atoms with Gasteiger partial charge in [-0.05, 0) is 38.0 Å². The summed E-state index contributed by atoms with van der Waals surface area (Å²) in [5, 5.41) is 9.11. The summed E-state index contributed by atoms with van der Waals surface area (Å²) in [4.78, 5) is 24.8. The number of carboxylic acids is 1. The van der Waals surface area contributed by atoms with Crippen LogP contribution in [0.4, 0.5) is 0 Å². The summed E-state index contributed by atoms with van der Waals surface area (Å²) in [6.07, 6.45) is 9.15. The molecule has 0 spiro atoms. The Morgan fingerprint density at radius 1 is 1.29 bits per heavy atom. The highest BCUT2D eigenvalue weighted by Gasteiger charge is 2.32. The van der Waals surface area contributed by atoms with Gasteiger partial charge in [0.25, 0.3) is 0 Å². The van der Waals surface area contributed by atoms with E-state index in [4.69, 9.17) is 5.11 Å². The summed E-state index contributed by atoms with van der Waals surface area (Å²) in [6, 6.07) is -0.596. The molecule has 1 aliphatic carbocycles. The molecule has 2 aliphatic rings. The number of allylic oxidation sites excluding steroid dienone is 2. The van der Waals surface area contributed by atoms with Gasteiger partial charge in [0, 0.05) is 13.0 Å². The molecule has 0 aromatic heterocycles. The third kappa shape index (κ3) is 2.87. The van der Waals surface area contributed by atoms with Crippen molar-refractivity contribution in [2.45, 2.75) is 44.6 Å². The summed E-state index contributed by atoms with van der Waals surface area (Å²) in [6.45, 7) is 0.603. The van der Waals surface area contributed by atoms with Crippen molar-refractivity contribution in [2.24, 2.45) is 5.92 Å². The maximum atomic E-state index is 12.1. The normalized spacial score (nSPS) is 28.4. The van der Waals surface area contributed by atoms with Crippen LogP contribution >= 0.6 is 0 Å². The number of carboxylic acid groups (broad SMARTS) is 1. The van der Waals surface area contributed by atoms with Crippen molar-refractivity contribution in [1.29, 1.82) is 0 Å². The molecule has 1 amide bonds. The fourth-order valence-electron chi connectivity index (χ4n) is 2.69. The van der Waals surface area contributed by atoms with Crippen molar-refractivity contribution in [2.75, 3.05) is 6.54 Å². The molecule has 0 aromatic rings. The minimum atomic E-state index is -0.861. The van der Waals surface area contributed by atoms with E-state index in [2.05, 4.69) is 12.2 Å². The Morgan fingerprint density at radius 2 is 2.12 bits per heavy atom. The molecule has 94 valence electrons. The third-order valence-corrected chi connectivity index (χ3v) is 3.66. The van der Waals surface area contributed by atoms with Crippen LogP contribution in [0.15, 0.2) is 12.2 Å². The molecule has 0 unspecified atom stereocenters. The number of hydrogen-bond donors (Lipinski definition) is 1. The van der Waals surface area contributed by atoms with Gasteiger partial charge in [0.1, 0.15) is 6.04 Å². The van der Waals surface area contributed by atoms with Gasteiger partial charge in [0.05, 0.1) is 0 Å². The van der Waals surface area contributed by atoms with Crippen LogP contribution in [0, 0.1) is 5.92 Å². The van der Waals surface area contributed by atoms with Gasteiger partial charge in [-0.3, -0.25) is 4.79 Å². The van der Waals surface area contributed by atoms with E-state index in [-0.39, 0.29) is 5.91 Å². The number of hydrogen-bond acceptors (Lipinski definition) is 2. The Labute approximate surface area is 101 Å². The fraction of sp³-hybridized carbons (Fsp3) is 0.692. The van der Waals surface area contributed by atoms with Crippen LogP contribution in [-0.2, 0) is 9.59 Å². The minimum absolute atomic E-state index is 0.00801. The summed E-state index contributed by atoms with van der Waals surface area (Å²) in [5.74, 6) is -0.535. The highest BCUT2D eigenvalue weighted by molar-refractivity contribution is 5.84. The van der Waals surface area contributed by atoms with Crippen LogP contribution in [-0.4, -0.2) is 34.5 Å². The average molecular weight is 237 g/mol. The molecule has 4 heteroatoms. The smallest absolute Gasteiger partial charge is 0.326 e. The van der Waals surface area contributed by atoms with Crippen molar-refractivity contribution >= 4 is 11.9 Å². The van der Waals surface area contributed by atoms with Crippen LogP contribution < -0.4 is 0 Å². The maximum Gasteiger partial charge on any atom is 0.326 e. The number of amides is 1. The number of rotatable bonds is 3. The van der Waals surface area contributed by atoms with E-state index in [1.165, 1.54) is 0 Å². The van der Waals surface area contributed by atoms with E-state index in [9.17, 15) is 9.59 Å². The lowest BCUT2D eigenvalue weighted by atomic mass is 9.99. The molecule has 1 N–H and O–H groups in total. The summed E-state index contributed by atoms with van der Waals surface area (Å²) in [7, 11) is 0. The second kappa shape index (κ2) is 5.34. The number of carbonyl (C=O) groups is 2. The lowest BCUT2D eigenvalue weighted by Crippen LogP contribution is -2.48. The van der Waals surface area contributed by atoms with E-state index in [0.717, 1.165) is 25.7 Å². The molecule has 1 saturated heterocycles. The molecule has 1 aliphatic heterocycles. The van der Waals surface area contributed by atoms with Gasteiger partial charge in [-0.2, -0.15) is 0 Å². The van der Waals surface area contributed by atoms with Crippen LogP contribution in [0.25, 0.3) is 0 Å². The fourth-order valence-corrected chi connectivity index (χ4v) is 2.69. The molecule has 0 aromatic carbocycles. The van der Waals surface area contributed by atoms with Crippen molar-refractivity contribution in [1.82, 2.24) is 4.90 Å². The van der Waals surface area contributed by atoms with Crippen molar-refractivity contribution < 1.29 is 14.7 Å². The Morgan fingerprint density at radius 3 is 2.76 bits per heavy atom. The number of nitrogens with zero attached hydrogens (tertiary/aromatic N) is 1. The SMILES string of the molecule is O=C(O)[C@H]1CCCCN1C(=O)C[C@H]1C=CCC1. The first kappa shape index (κ1) is 12.1. The van der Waals surface area contributed by atoms with Crippen molar-refractivity contribution in [3.05, 3.63) is 12.2 Å². The summed E-state index contributed by atoms with van der Waals surface area (Å²) in [5.41, 5.74) is 0. The maximum absolute atomic E-state index is 12.1. The van der Waals surface area contributed by atoms with Gasteiger partial charge in [-0.15, -0.1) is 0 Å². The molecular formula is C13H19NO3. The van der Waals surface area contributed by atoms with E-state index in [1.807, 2.05) is 0 Å². The zero-order chi connectivity index (χ0) is 12.3. The molecule has 2 rings (SSSR count). The first-order valence-corrected chi connectivity index (χ1v) is 6.37. The third-order valence-electron chi connectivity index (χ3n) is 3.66. The standard InChI is InChI=1S/C13H19NO3/c15-12(9-10-5-1-2-6-10)14-8-4-3-7-11(14)13(16)17/h1,5,10-11H,2-4,6-9H2,(H,16,17)/t10-,11+/m0/s1. The Hall–Kier alpha value is -1.32. The Balaban J connectivity index is 1.95. The topological polar surface area (TPSA) is 57.6 Å². The zero-order valence-corrected chi connectivity index (χ0v) is 9.97. The first-order valence-electron chi connectivity index (χ1n) is 6.37. The molecule has 2 atom stereocenters. The van der Waals surface area contributed by atoms with E-state index < -0.39 is 12.0 Å². The van der Waals surface area contributed by atoms with Crippen LogP contribution in [0.1, 0.15) is 38.5 Å². The number of likely N-dealkylation sites (tertiary alicyclic amines) is 1. The van der Waals surface area contributed by atoms with Gasteiger partial charge in [0.15, 0.2) is 0 Å². The first-order chi connectivity index (χ1) is 8.18. The van der Waals surface area contributed by atoms with E-state index >= 15 is 0 Å². The minimum Gasteiger partial charge on any atom is -0.480 e. The predicted molar refractivity (Wildman–Crippen MR) is 63.5 cm³/mol. The number of carbonyl (C=O) groups excluding carboxylic acids is 1. The largest absolute Gasteiger partial charge is 0.480 e. The second-order valence-electron chi connectivity index (χ2n) is 4.91. The summed E-state index contributed by atoms with van der Waals surface area (Å²) < 4.78 is 0. The van der Waals surface area contributed by atoms with Crippen LogP contribution in [0.2, 0.25) is 0 Å². The molecule has 1 fully saturated rings. The van der Waals surface area contributed by atoms with Gasteiger partial charge in [-0.1, -0.05) is 12.2 Å². The second-order valence-corrected chi connectivity index (χ2v) is 4.91. The molecule has 17 heavy (non-hydrogen) atoms. The van der Waals surface area contributed by atoms with Gasteiger partial charge in [-0.25, -0.2) is 4.79 Å². The monoisotopic (exact) mass is 237 g/mol. The molecule has 0 saturated carbocycles. The molecule has 4 nitrogen and oxygen atoms in total. The van der Waals surface area contributed by atoms with Crippen LogP contribution in [0.3, 0.4) is 0 Å². The number of piperidine rings is 1.